The van der Waals surface area contributed by atoms with E-state index in [9.17, 15) is 15.2 Å². The molecule has 1 saturated heterocycles. The molecule has 1 aromatic heterocycles. The molecule has 8 heteroatoms. The number of hydrogen-bond acceptors (Lipinski definition) is 6. The van der Waals surface area contributed by atoms with E-state index in [2.05, 4.69) is 27.0 Å². The molecule has 1 aliphatic rings. The van der Waals surface area contributed by atoms with Crippen LogP contribution in [0.25, 0.3) is 0 Å². The van der Waals surface area contributed by atoms with Crippen molar-refractivity contribution in [2.75, 3.05) is 37.6 Å². The van der Waals surface area contributed by atoms with Crippen molar-refractivity contribution < 1.29 is 10.0 Å². The summed E-state index contributed by atoms with van der Waals surface area (Å²) in [6.45, 7) is 4.40. The minimum absolute atomic E-state index is 0.0568. The van der Waals surface area contributed by atoms with Gasteiger partial charge in [0, 0.05) is 38.4 Å². The topological polar surface area (TPSA) is 87.7 Å². The second kappa shape index (κ2) is 7.41. The molecule has 0 saturated carbocycles. The largest absolute Gasteiger partial charge is 0.390 e. The van der Waals surface area contributed by atoms with Crippen molar-refractivity contribution in [1.82, 2.24) is 14.7 Å². The van der Waals surface area contributed by atoms with Crippen molar-refractivity contribution in [3.05, 3.63) is 52.8 Å². The molecule has 1 aliphatic heterocycles. The van der Waals surface area contributed by atoms with Gasteiger partial charge in [-0.15, -0.1) is 0 Å². The highest BCUT2D eigenvalue weighted by Gasteiger charge is 2.20. The van der Waals surface area contributed by atoms with E-state index in [4.69, 9.17) is 0 Å². The first kappa shape index (κ1) is 16.4. The lowest BCUT2D eigenvalue weighted by atomic mass is 10.2. The van der Waals surface area contributed by atoms with Crippen LogP contribution < -0.4 is 4.90 Å². The van der Waals surface area contributed by atoms with E-state index >= 15 is 0 Å². The molecular weight excluding hydrogens is 310 g/mol. The molecule has 3 rings (SSSR count). The number of nitrogens with zero attached hydrogens (tertiary/aromatic N) is 5. The first-order valence-corrected chi connectivity index (χ1v) is 7.99. The molecule has 24 heavy (non-hydrogen) atoms. The molecule has 0 radical (unpaired) electrons. The smallest absolute Gasteiger partial charge is 0.306 e. The number of anilines is 1. The van der Waals surface area contributed by atoms with E-state index in [1.807, 2.05) is 18.2 Å². The monoisotopic (exact) mass is 331 g/mol. The number of rotatable bonds is 6. The van der Waals surface area contributed by atoms with Gasteiger partial charge < -0.3 is 10.0 Å². The zero-order chi connectivity index (χ0) is 16.9. The number of benzene rings is 1. The van der Waals surface area contributed by atoms with Gasteiger partial charge in [0.2, 0.25) is 0 Å². The van der Waals surface area contributed by atoms with Gasteiger partial charge in [-0.2, -0.15) is 5.10 Å². The lowest BCUT2D eigenvalue weighted by Gasteiger charge is -2.36. The molecule has 1 aromatic carbocycles. The summed E-state index contributed by atoms with van der Waals surface area (Å²) in [5, 5.41) is 24.8. The number of nitro groups is 1. The lowest BCUT2D eigenvalue weighted by Crippen LogP contribution is -2.49. The third-order valence-electron chi connectivity index (χ3n) is 4.19. The molecular formula is C16H21N5O3. The third-order valence-corrected chi connectivity index (χ3v) is 4.19. The fourth-order valence-corrected chi connectivity index (χ4v) is 2.95. The maximum Gasteiger partial charge on any atom is 0.306 e. The van der Waals surface area contributed by atoms with Gasteiger partial charge in [0.05, 0.1) is 17.6 Å². The maximum absolute atomic E-state index is 10.6. The van der Waals surface area contributed by atoms with E-state index in [0.29, 0.717) is 6.54 Å². The zero-order valence-corrected chi connectivity index (χ0v) is 13.4. The van der Waals surface area contributed by atoms with Gasteiger partial charge in [-0.1, -0.05) is 18.2 Å². The first-order valence-electron chi connectivity index (χ1n) is 7.99. The average Bonchev–Trinajstić information content (AvgIpc) is 3.05. The van der Waals surface area contributed by atoms with Gasteiger partial charge >= 0.3 is 5.69 Å². The van der Waals surface area contributed by atoms with E-state index in [1.54, 1.807) is 0 Å². The quantitative estimate of drug-likeness (QED) is 0.627. The molecule has 1 N–H and O–H groups in total. The summed E-state index contributed by atoms with van der Waals surface area (Å²) in [6.07, 6.45) is 1.94. The van der Waals surface area contributed by atoms with Crippen LogP contribution >= 0.6 is 0 Å². The Kier molecular flexibility index (Phi) is 5.07. The minimum Gasteiger partial charge on any atom is -0.390 e. The van der Waals surface area contributed by atoms with Crippen LogP contribution in [0.4, 0.5) is 11.4 Å². The Morgan fingerprint density at radius 3 is 2.50 bits per heavy atom. The summed E-state index contributed by atoms with van der Waals surface area (Å²) in [4.78, 5) is 14.7. The summed E-state index contributed by atoms with van der Waals surface area (Å²) in [5.74, 6) is 0. The number of aliphatic hydroxyl groups excluding tert-OH is 1. The van der Waals surface area contributed by atoms with Crippen molar-refractivity contribution in [3.63, 3.8) is 0 Å². The molecule has 2 heterocycles. The van der Waals surface area contributed by atoms with Gasteiger partial charge in [-0.3, -0.25) is 19.7 Å². The Bertz CT molecular complexity index is 667. The fraction of sp³-hybridized carbons (Fsp3) is 0.438. The molecule has 1 fully saturated rings. The predicted molar refractivity (Wildman–Crippen MR) is 90.0 cm³/mol. The Morgan fingerprint density at radius 1 is 1.17 bits per heavy atom. The van der Waals surface area contributed by atoms with Crippen LogP contribution in [-0.2, 0) is 6.54 Å². The van der Waals surface area contributed by atoms with Crippen molar-refractivity contribution in [1.29, 1.82) is 0 Å². The molecule has 0 spiro atoms. The number of β-amino-alcohol motifs (C(OH)–C–C–N with tert-alkyl or cyclic N) is 1. The van der Waals surface area contributed by atoms with Gasteiger partial charge in [0.15, 0.2) is 0 Å². The Labute approximate surface area is 140 Å². The predicted octanol–water partition coefficient (Wildman–Crippen LogP) is 0.974. The van der Waals surface area contributed by atoms with Gasteiger partial charge in [0.1, 0.15) is 12.4 Å². The molecule has 2 aromatic rings. The standard InChI is InChI=1S/C16H21N5O3/c22-16(13-20-11-15(10-17-20)21(23)24)12-18-6-8-19(9-7-18)14-4-2-1-3-5-14/h1-5,10-11,16,22H,6-9,12-13H2. The van der Waals surface area contributed by atoms with Crippen LogP contribution in [0.5, 0.6) is 0 Å². The number of piperazine rings is 1. The summed E-state index contributed by atoms with van der Waals surface area (Å²) in [6, 6.07) is 10.3. The SMILES string of the molecule is O=[N+]([O-])c1cnn(CC(O)CN2CCN(c3ccccc3)CC2)c1. The van der Waals surface area contributed by atoms with E-state index in [1.165, 1.54) is 22.8 Å². The van der Waals surface area contributed by atoms with Crippen LogP contribution in [0, 0.1) is 10.1 Å². The fourth-order valence-electron chi connectivity index (χ4n) is 2.95. The van der Waals surface area contributed by atoms with Crippen LogP contribution in [0.15, 0.2) is 42.7 Å². The molecule has 128 valence electrons. The highest BCUT2D eigenvalue weighted by molar-refractivity contribution is 5.46. The molecule has 0 bridgehead atoms. The summed E-state index contributed by atoms with van der Waals surface area (Å²) in [5.41, 5.74) is 1.17. The Morgan fingerprint density at radius 2 is 1.88 bits per heavy atom. The van der Waals surface area contributed by atoms with Gasteiger partial charge in [-0.05, 0) is 12.1 Å². The molecule has 8 nitrogen and oxygen atoms in total. The van der Waals surface area contributed by atoms with E-state index in [0.717, 1.165) is 26.2 Å². The van der Waals surface area contributed by atoms with E-state index in [-0.39, 0.29) is 12.2 Å². The highest BCUT2D eigenvalue weighted by atomic mass is 16.6. The maximum atomic E-state index is 10.6. The lowest BCUT2D eigenvalue weighted by molar-refractivity contribution is -0.385. The van der Waals surface area contributed by atoms with Gasteiger partial charge in [-0.25, -0.2) is 0 Å². The first-order chi connectivity index (χ1) is 11.6. The van der Waals surface area contributed by atoms with Crippen molar-refractivity contribution >= 4 is 11.4 Å². The molecule has 1 atom stereocenters. The van der Waals surface area contributed by atoms with Crippen LogP contribution in [0.2, 0.25) is 0 Å². The van der Waals surface area contributed by atoms with E-state index < -0.39 is 11.0 Å². The second-order valence-electron chi connectivity index (χ2n) is 5.95. The Hall–Kier alpha value is -2.45. The van der Waals surface area contributed by atoms with Gasteiger partial charge in [0.25, 0.3) is 0 Å². The van der Waals surface area contributed by atoms with Crippen molar-refractivity contribution in [2.24, 2.45) is 0 Å². The normalized spacial score (nSPS) is 17.0. The molecule has 1 unspecified atom stereocenters. The van der Waals surface area contributed by atoms with Crippen molar-refractivity contribution in [2.45, 2.75) is 12.6 Å². The number of aliphatic hydroxyl groups is 1. The summed E-state index contributed by atoms with van der Waals surface area (Å²) >= 11 is 0. The summed E-state index contributed by atoms with van der Waals surface area (Å²) < 4.78 is 1.42. The third kappa shape index (κ3) is 4.09. The van der Waals surface area contributed by atoms with Crippen LogP contribution in [-0.4, -0.2) is 63.5 Å². The second-order valence-corrected chi connectivity index (χ2v) is 5.95. The number of aromatic nitrogens is 2. The Balaban J connectivity index is 1.46. The number of para-hydroxylation sites is 1. The highest BCUT2D eigenvalue weighted by Crippen LogP contribution is 2.16. The minimum atomic E-state index is -0.604. The van der Waals surface area contributed by atoms with Crippen LogP contribution in [0.3, 0.4) is 0 Å². The molecule has 0 amide bonds. The molecule has 0 aliphatic carbocycles. The average molecular weight is 331 g/mol. The zero-order valence-electron chi connectivity index (χ0n) is 13.4. The summed E-state index contributed by atoms with van der Waals surface area (Å²) in [7, 11) is 0. The number of hydrogen-bond donors (Lipinski definition) is 1. The van der Waals surface area contributed by atoms with Crippen molar-refractivity contribution in [3.8, 4) is 0 Å². The van der Waals surface area contributed by atoms with Crippen LogP contribution in [0.1, 0.15) is 0 Å².